The molecule has 0 radical (unpaired) electrons. The highest BCUT2D eigenvalue weighted by molar-refractivity contribution is 5.66. The maximum absolute atomic E-state index is 11.1. The molecule has 3 atom stereocenters. The van der Waals surface area contributed by atoms with Crippen molar-refractivity contribution in [1.82, 2.24) is 0 Å². The zero-order valence-corrected chi connectivity index (χ0v) is 12.4. The zero-order valence-electron chi connectivity index (χ0n) is 12.4. The lowest BCUT2D eigenvalue weighted by Gasteiger charge is -2.31. The van der Waals surface area contributed by atoms with Crippen molar-refractivity contribution < 1.29 is 28.5 Å². The summed E-state index contributed by atoms with van der Waals surface area (Å²) in [7, 11) is 0. The molecule has 1 rings (SSSR count). The number of esters is 2. The van der Waals surface area contributed by atoms with E-state index in [0.717, 1.165) is 12.8 Å². The molecular weight excluding hydrogens is 276 g/mol. The fraction of sp³-hybridized carbons (Fsp3) is 0.600. The van der Waals surface area contributed by atoms with Crippen LogP contribution in [0.4, 0.5) is 0 Å². The van der Waals surface area contributed by atoms with Gasteiger partial charge in [0.2, 0.25) is 0 Å². The first-order chi connectivity index (χ1) is 10.0. The highest BCUT2D eigenvalue weighted by Crippen LogP contribution is 2.18. The van der Waals surface area contributed by atoms with Crippen molar-refractivity contribution in [1.29, 1.82) is 0 Å². The van der Waals surface area contributed by atoms with Gasteiger partial charge in [0.05, 0.1) is 6.61 Å². The second-order valence-electron chi connectivity index (χ2n) is 4.61. The Labute approximate surface area is 124 Å². The van der Waals surface area contributed by atoms with Gasteiger partial charge in [-0.05, 0) is 25.0 Å². The summed E-state index contributed by atoms with van der Waals surface area (Å²) in [6.45, 7) is 6.79. The van der Waals surface area contributed by atoms with Crippen LogP contribution in [-0.2, 0) is 28.5 Å². The molecule has 0 aromatic rings. The molecule has 0 bridgehead atoms. The summed E-state index contributed by atoms with van der Waals surface area (Å²) in [4.78, 5) is 22.0. The van der Waals surface area contributed by atoms with Gasteiger partial charge in [0.1, 0.15) is 18.8 Å². The number of allylic oxidation sites excluding steroid dienone is 1. The van der Waals surface area contributed by atoms with E-state index in [9.17, 15) is 9.59 Å². The van der Waals surface area contributed by atoms with E-state index in [4.69, 9.17) is 18.9 Å². The molecule has 1 heterocycles. The van der Waals surface area contributed by atoms with E-state index in [1.54, 1.807) is 12.2 Å². The molecule has 6 heteroatoms. The maximum atomic E-state index is 11.1. The second kappa shape index (κ2) is 9.31. The molecule has 0 N–H and O–H groups in total. The number of hydrogen-bond acceptors (Lipinski definition) is 6. The minimum Gasteiger partial charge on any atom is -0.463 e. The van der Waals surface area contributed by atoms with Crippen molar-refractivity contribution in [3.05, 3.63) is 24.8 Å². The van der Waals surface area contributed by atoms with Crippen LogP contribution in [0, 0.1) is 0 Å². The number of rotatable bonds is 8. The topological polar surface area (TPSA) is 71.1 Å². The van der Waals surface area contributed by atoms with E-state index in [1.807, 2.05) is 6.08 Å². The number of unbranched alkanes of at least 4 members (excludes halogenated alkanes) is 1. The third-order valence-corrected chi connectivity index (χ3v) is 2.72. The first kappa shape index (κ1) is 17.4. The van der Waals surface area contributed by atoms with E-state index < -0.39 is 30.4 Å². The summed E-state index contributed by atoms with van der Waals surface area (Å²) in [6.07, 6.45) is 5.21. The van der Waals surface area contributed by atoms with Crippen LogP contribution in [-0.4, -0.2) is 43.7 Å². The van der Waals surface area contributed by atoms with Crippen LogP contribution >= 0.6 is 0 Å². The fourth-order valence-electron chi connectivity index (χ4n) is 1.78. The van der Waals surface area contributed by atoms with Crippen molar-refractivity contribution in [2.45, 2.75) is 45.2 Å². The Morgan fingerprint density at radius 3 is 2.67 bits per heavy atom. The first-order valence-electron chi connectivity index (χ1n) is 6.89. The largest absolute Gasteiger partial charge is 0.463 e. The van der Waals surface area contributed by atoms with Crippen LogP contribution in [0.25, 0.3) is 0 Å². The zero-order chi connectivity index (χ0) is 15.7. The molecule has 0 amide bonds. The van der Waals surface area contributed by atoms with E-state index in [-0.39, 0.29) is 6.61 Å². The number of ether oxygens (including phenoxy) is 4. The van der Waals surface area contributed by atoms with Gasteiger partial charge in [-0.25, -0.2) is 0 Å². The second-order valence-corrected chi connectivity index (χ2v) is 4.61. The molecule has 0 aromatic carbocycles. The van der Waals surface area contributed by atoms with Crippen LogP contribution < -0.4 is 0 Å². The van der Waals surface area contributed by atoms with Gasteiger partial charge in [-0.3, -0.25) is 9.59 Å². The number of hydrogen-bond donors (Lipinski definition) is 0. The Morgan fingerprint density at radius 1 is 1.29 bits per heavy atom. The molecule has 0 aliphatic carbocycles. The lowest BCUT2D eigenvalue weighted by atomic mass is 10.1. The molecule has 0 aromatic heterocycles. The summed E-state index contributed by atoms with van der Waals surface area (Å²) in [5.41, 5.74) is 0. The smallest absolute Gasteiger partial charge is 0.303 e. The Kier molecular flexibility index (Phi) is 7.71. The van der Waals surface area contributed by atoms with Gasteiger partial charge in [0, 0.05) is 13.8 Å². The third-order valence-electron chi connectivity index (χ3n) is 2.72. The number of carbonyl (C=O) groups is 2. The van der Waals surface area contributed by atoms with Gasteiger partial charge < -0.3 is 18.9 Å². The van der Waals surface area contributed by atoms with Crippen LogP contribution in [0.1, 0.15) is 26.7 Å². The minimum atomic E-state index is -0.588. The van der Waals surface area contributed by atoms with Crippen molar-refractivity contribution in [2.24, 2.45) is 0 Å². The van der Waals surface area contributed by atoms with Crippen LogP contribution in [0.3, 0.4) is 0 Å². The normalized spacial score (nSPS) is 24.4. The summed E-state index contributed by atoms with van der Waals surface area (Å²) in [5, 5.41) is 0. The Balaban J connectivity index is 2.53. The molecule has 0 spiro atoms. The summed E-state index contributed by atoms with van der Waals surface area (Å²) in [6, 6.07) is 0. The van der Waals surface area contributed by atoms with E-state index in [1.165, 1.54) is 13.8 Å². The molecule has 1 aliphatic rings. The fourth-order valence-corrected chi connectivity index (χ4v) is 1.78. The Hall–Kier alpha value is -1.66. The molecule has 21 heavy (non-hydrogen) atoms. The quantitative estimate of drug-likeness (QED) is 0.386. The first-order valence-corrected chi connectivity index (χ1v) is 6.89. The van der Waals surface area contributed by atoms with E-state index in [0.29, 0.717) is 6.61 Å². The highest BCUT2D eigenvalue weighted by Gasteiger charge is 2.30. The van der Waals surface area contributed by atoms with Gasteiger partial charge in [0.15, 0.2) is 6.29 Å². The predicted octanol–water partition coefficient (Wildman–Crippen LogP) is 1.75. The SMILES string of the molecule is C=CCCCOC1C=C[C@H](OC(C)=O)[C@@H](COC(C)=O)O1. The lowest BCUT2D eigenvalue weighted by molar-refractivity contribution is -0.197. The summed E-state index contributed by atoms with van der Waals surface area (Å²) < 4.78 is 21.2. The maximum Gasteiger partial charge on any atom is 0.303 e. The van der Waals surface area contributed by atoms with Gasteiger partial charge in [-0.2, -0.15) is 0 Å². The molecule has 118 valence electrons. The minimum absolute atomic E-state index is 0.00410. The van der Waals surface area contributed by atoms with Crippen molar-refractivity contribution in [3.8, 4) is 0 Å². The Bertz CT molecular complexity index is 390. The van der Waals surface area contributed by atoms with Crippen LogP contribution in [0.5, 0.6) is 0 Å². The molecule has 0 fully saturated rings. The molecule has 0 saturated heterocycles. The summed E-state index contributed by atoms with van der Waals surface area (Å²) in [5.74, 6) is -0.843. The number of carbonyl (C=O) groups excluding carboxylic acids is 2. The van der Waals surface area contributed by atoms with Crippen LogP contribution in [0.2, 0.25) is 0 Å². The van der Waals surface area contributed by atoms with E-state index >= 15 is 0 Å². The Morgan fingerprint density at radius 2 is 2.05 bits per heavy atom. The van der Waals surface area contributed by atoms with Gasteiger partial charge in [-0.1, -0.05) is 6.08 Å². The highest BCUT2D eigenvalue weighted by atomic mass is 16.7. The summed E-state index contributed by atoms with van der Waals surface area (Å²) >= 11 is 0. The monoisotopic (exact) mass is 298 g/mol. The molecule has 1 unspecified atom stereocenters. The van der Waals surface area contributed by atoms with Crippen molar-refractivity contribution >= 4 is 11.9 Å². The van der Waals surface area contributed by atoms with Gasteiger partial charge in [-0.15, -0.1) is 6.58 Å². The average molecular weight is 298 g/mol. The van der Waals surface area contributed by atoms with Crippen LogP contribution in [0.15, 0.2) is 24.8 Å². The van der Waals surface area contributed by atoms with Crippen molar-refractivity contribution in [2.75, 3.05) is 13.2 Å². The van der Waals surface area contributed by atoms with Gasteiger partial charge in [0.25, 0.3) is 0 Å². The van der Waals surface area contributed by atoms with Crippen molar-refractivity contribution in [3.63, 3.8) is 0 Å². The molecule has 1 aliphatic heterocycles. The molecule has 6 nitrogen and oxygen atoms in total. The average Bonchev–Trinajstić information content (AvgIpc) is 2.42. The third kappa shape index (κ3) is 7.06. The van der Waals surface area contributed by atoms with E-state index in [2.05, 4.69) is 6.58 Å². The lowest BCUT2D eigenvalue weighted by Crippen LogP contribution is -2.42. The predicted molar refractivity (Wildman–Crippen MR) is 75.4 cm³/mol. The molecule has 0 saturated carbocycles. The van der Waals surface area contributed by atoms with Gasteiger partial charge >= 0.3 is 11.9 Å². The molecular formula is C15H22O6. The standard InChI is InChI=1S/C15H22O6/c1-4-5-6-9-18-15-8-7-13(20-12(3)17)14(21-15)10-19-11(2)16/h4,7-8,13-15H,1,5-6,9-10H2,2-3H3/t13-,14+,15?/m0/s1.